The van der Waals surface area contributed by atoms with E-state index in [1.165, 1.54) is 13.8 Å². The van der Waals surface area contributed by atoms with Crippen LogP contribution in [0.4, 0.5) is 5.69 Å². The highest BCUT2D eigenvalue weighted by Crippen LogP contribution is 2.25. The summed E-state index contributed by atoms with van der Waals surface area (Å²) < 4.78 is 0. The monoisotopic (exact) mass is 361 g/mol. The summed E-state index contributed by atoms with van der Waals surface area (Å²) in [6, 6.07) is 5.08. The van der Waals surface area contributed by atoms with Crippen LogP contribution in [0.25, 0.3) is 10.9 Å². The normalized spacial score (nSPS) is 9.73. The Hall–Kier alpha value is -2.47. The quantitative estimate of drug-likeness (QED) is 0.785. The van der Waals surface area contributed by atoms with Crippen molar-refractivity contribution in [2.24, 2.45) is 0 Å². The van der Waals surface area contributed by atoms with Crippen molar-refractivity contribution >= 4 is 34.1 Å². The molecular weight excluding hydrogens is 330 g/mol. The number of ketones is 2. The number of amides is 1. The minimum Gasteiger partial charge on any atom is -0.352 e. The Labute approximate surface area is 156 Å². The van der Waals surface area contributed by atoms with E-state index in [2.05, 4.69) is 10.3 Å². The highest BCUT2D eigenvalue weighted by molar-refractivity contribution is 6.08. The largest absolute Gasteiger partial charge is 0.352 e. The van der Waals surface area contributed by atoms with Crippen LogP contribution < -0.4 is 5.32 Å². The minimum atomic E-state index is -0.204. The molecule has 6 heteroatoms. The number of rotatable bonds is 5. The van der Waals surface area contributed by atoms with Gasteiger partial charge in [-0.15, -0.1) is 0 Å². The van der Waals surface area contributed by atoms with Gasteiger partial charge in [-0.05, 0) is 39.2 Å². The zero-order chi connectivity index (χ0) is 20.4. The molecule has 0 bridgehead atoms. The van der Waals surface area contributed by atoms with Crippen LogP contribution in [0, 0.1) is 0 Å². The lowest BCUT2D eigenvalue weighted by Gasteiger charge is -2.12. The first-order valence-corrected chi connectivity index (χ1v) is 8.91. The lowest BCUT2D eigenvalue weighted by Crippen LogP contribution is -2.27. The Bertz CT molecular complexity index is 761. The molecule has 0 atom stereocenters. The summed E-state index contributed by atoms with van der Waals surface area (Å²) in [6.07, 6.45) is 0. The molecule has 0 radical (unpaired) electrons. The van der Waals surface area contributed by atoms with E-state index in [1.807, 2.05) is 27.7 Å². The van der Waals surface area contributed by atoms with E-state index in [9.17, 15) is 14.4 Å². The molecule has 2 N–H and O–H groups in total. The molecule has 0 spiro atoms. The second-order valence-corrected chi connectivity index (χ2v) is 5.57. The molecule has 1 amide bonds. The van der Waals surface area contributed by atoms with Gasteiger partial charge in [0.25, 0.3) is 0 Å². The second kappa shape index (κ2) is 11.2. The Morgan fingerprint density at radius 2 is 1.54 bits per heavy atom. The standard InChI is InChI=1S/C16H19N3O3.2C2H6/c1-9(20)12-5-11-6-13(10(2)21)17-14(11)7-15(12)18-16(22)8-19(3)4;2*1-2/h5-7,17H,8H2,1-4H3,(H,18,22);2*1-2H3. The number of Topliss-reactive ketones (excluding diaryl/α,β-unsaturated/α-hetero) is 2. The lowest BCUT2D eigenvalue weighted by molar-refractivity contribution is -0.116. The molecule has 0 aliphatic rings. The molecule has 0 saturated carbocycles. The lowest BCUT2D eigenvalue weighted by atomic mass is 10.1. The fourth-order valence-electron chi connectivity index (χ4n) is 2.24. The number of hydrogen-bond donors (Lipinski definition) is 2. The predicted molar refractivity (Wildman–Crippen MR) is 108 cm³/mol. The number of benzene rings is 1. The van der Waals surface area contributed by atoms with E-state index < -0.39 is 0 Å². The average Bonchev–Trinajstić information content (AvgIpc) is 3.00. The van der Waals surface area contributed by atoms with Crippen LogP contribution in [0.3, 0.4) is 0 Å². The number of likely N-dealkylation sites (N-methyl/N-ethyl adjacent to an activating group) is 1. The van der Waals surface area contributed by atoms with Gasteiger partial charge >= 0.3 is 0 Å². The summed E-state index contributed by atoms with van der Waals surface area (Å²) in [5.41, 5.74) is 2.05. The maximum absolute atomic E-state index is 11.9. The molecule has 1 aromatic carbocycles. The third-order valence-corrected chi connectivity index (χ3v) is 3.25. The van der Waals surface area contributed by atoms with Crippen molar-refractivity contribution in [1.29, 1.82) is 0 Å². The van der Waals surface area contributed by atoms with Gasteiger partial charge in [-0.2, -0.15) is 0 Å². The van der Waals surface area contributed by atoms with Crippen molar-refractivity contribution in [2.45, 2.75) is 41.5 Å². The molecule has 2 rings (SSSR count). The first-order chi connectivity index (χ1) is 12.3. The molecule has 6 nitrogen and oxygen atoms in total. The second-order valence-electron chi connectivity index (χ2n) is 5.57. The fraction of sp³-hybridized carbons (Fsp3) is 0.450. The van der Waals surface area contributed by atoms with Gasteiger partial charge in [0, 0.05) is 23.4 Å². The van der Waals surface area contributed by atoms with Crippen LogP contribution in [-0.4, -0.2) is 48.0 Å². The minimum absolute atomic E-state index is 0.0845. The Balaban J connectivity index is 0.00000146. The number of aromatic nitrogens is 1. The van der Waals surface area contributed by atoms with Crippen molar-refractivity contribution in [2.75, 3.05) is 26.0 Å². The summed E-state index contributed by atoms with van der Waals surface area (Å²) in [6.45, 7) is 11.1. The Kier molecular flexibility index (Phi) is 10.1. The highest BCUT2D eigenvalue weighted by atomic mass is 16.2. The third kappa shape index (κ3) is 6.44. The Morgan fingerprint density at radius 1 is 0.962 bits per heavy atom. The van der Waals surface area contributed by atoms with Gasteiger partial charge in [-0.25, -0.2) is 0 Å². The van der Waals surface area contributed by atoms with E-state index in [4.69, 9.17) is 0 Å². The Morgan fingerprint density at radius 3 is 2.00 bits per heavy atom. The van der Waals surface area contributed by atoms with E-state index in [0.717, 1.165) is 5.39 Å². The molecule has 1 aromatic heterocycles. The first-order valence-electron chi connectivity index (χ1n) is 8.91. The van der Waals surface area contributed by atoms with Gasteiger partial charge < -0.3 is 15.2 Å². The summed E-state index contributed by atoms with van der Waals surface area (Å²) in [5, 5.41) is 3.51. The van der Waals surface area contributed by atoms with Crippen LogP contribution in [0.2, 0.25) is 0 Å². The van der Waals surface area contributed by atoms with Gasteiger partial charge in [-0.3, -0.25) is 14.4 Å². The van der Waals surface area contributed by atoms with Crippen molar-refractivity contribution < 1.29 is 14.4 Å². The molecule has 0 saturated heterocycles. The van der Waals surface area contributed by atoms with Crippen molar-refractivity contribution in [3.8, 4) is 0 Å². The fourth-order valence-corrected chi connectivity index (χ4v) is 2.24. The molecule has 0 aliphatic carbocycles. The molecular formula is C20H31N3O3. The topological polar surface area (TPSA) is 82.3 Å². The number of fused-ring (bicyclic) bond motifs is 1. The zero-order valence-electron chi connectivity index (χ0n) is 17.1. The van der Waals surface area contributed by atoms with Crippen LogP contribution in [-0.2, 0) is 4.79 Å². The smallest absolute Gasteiger partial charge is 0.238 e. The number of nitrogens with zero attached hydrogens (tertiary/aromatic N) is 1. The molecule has 0 unspecified atom stereocenters. The number of hydrogen-bond acceptors (Lipinski definition) is 4. The number of anilines is 1. The highest BCUT2D eigenvalue weighted by Gasteiger charge is 2.14. The van der Waals surface area contributed by atoms with Gasteiger partial charge in [0.05, 0.1) is 17.9 Å². The summed E-state index contributed by atoms with van der Waals surface area (Å²) >= 11 is 0. The number of H-pyrrole nitrogens is 1. The average molecular weight is 361 g/mol. The van der Waals surface area contributed by atoms with Crippen LogP contribution in [0.1, 0.15) is 62.4 Å². The molecule has 2 aromatic rings. The predicted octanol–water partition coefficient (Wildman–Crippen LogP) is 4.13. The van der Waals surface area contributed by atoms with Crippen molar-refractivity contribution in [3.63, 3.8) is 0 Å². The van der Waals surface area contributed by atoms with Crippen LogP contribution in [0.5, 0.6) is 0 Å². The SMILES string of the molecule is CC.CC.CC(=O)c1cc2cc(C(C)=O)c(NC(=O)CN(C)C)cc2[nH]1. The molecule has 1 heterocycles. The first kappa shape index (κ1) is 23.5. The third-order valence-electron chi connectivity index (χ3n) is 3.25. The maximum atomic E-state index is 11.9. The van der Waals surface area contributed by atoms with Gasteiger partial charge in [-0.1, -0.05) is 27.7 Å². The van der Waals surface area contributed by atoms with Crippen molar-refractivity contribution in [3.05, 3.63) is 29.5 Å². The summed E-state index contributed by atoms with van der Waals surface area (Å²) in [7, 11) is 3.58. The number of carbonyl (C=O) groups excluding carboxylic acids is 3. The van der Waals surface area contributed by atoms with E-state index in [0.29, 0.717) is 22.5 Å². The van der Waals surface area contributed by atoms with E-state index in [1.54, 1.807) is 37.2 Å². The van der Waals surface area contributed by atoms with Gasteiger partial charge in [0.2, 0.25) is 5.91 Å². The number of carbonyl (C=O) groups is 3. The molecule has 26 heavy (non-hydrogen) atoms. The number of nitrogens with one attached hydrogen (secondary N) is 2. The molecule has 144 valence electrons. The van der Waals surface area contributed by atoms with Crippen LogP contribution >= 0.6 is 0 Å². The van der Waals surface area contributed by atoms with Crippen molar-refractivity contribution in [1.82, 2.24) is 9.88 Å². The van der Waals surface area contributed by atoms with Crippen LogP contribution in [0.15, 0.2) is 18.2 Å². The summed E-state index contributed by atoms with van der Waals surface area (Å²) in [4.78, 5) is 39.9. The van der Waals surface area contributed by atoms with Gasteiger partial charge in [0.15, 0.2) is 11.6 Å². The van der Waals surface area contributed by atoms with E-state index >= 15 is 0 Å². The summed E-state index contributed by atoms with van der Waals surface area (Å²) in [5.74, 6) is -0.434. The molecule has 0 aliphatic heterocycles. The maximum Gasteiger partial charge on any atom is 0.238 e. The van der Waals surface area contributed by atoms with Gasteiger partial charge in [0.1, 0.15) is 0 Å². The number of aromatic amines is 1. The molecule has 0 fully saturated rings. The zero-order valence-corrected chi connectivity index (χ0v) is 17.1. The van der Waals surface area contributed by atoms with E-state index in [-0.39, 0.29) is 24.0 Å².